The van der Waals surface area contributed by atoms with Crippen LogP contribution in [0.2, 0.25) is 0 Å². The van der Waals surface area contributed by atoms with E-state index in [1.54, 1.807) is 0 Å². The molecule has 1 aromatic carbocycles. The fourth-order valence-corrected chi connectivity index (χ4v) is 0.789. The monoisotopic (exact) mass is 186 g/mol. The summed E-state index contributed by atoms with van der Waals surface area (Å²) in [6, 6.07) is 2.07. The van der Waals surface area contributed by atoms with E-state index >= 15 is 0 Å². The molecule has 1 rings (SSSR count). The summed E-state index contributed by atoms with van der Waals surface area (Å²) in [5, 5.41) is 8.22. The van der Waals surface area contributed by atoms with Crippen molar-refractivity contribution in [2.75, 3.05) is 0 Å². The van der Waals surface area contributed by atoms with Crippen LogP contribution in [0.3, 0.4) is 0 Å². The van der Waals surface area contributed by atoms with Crippen LogP contribution in [-0.2, 0) is 4.79 Å². The lowest BCUT2D eigenvalue weighted by atomic mass is 10.1. The van der Waals surface area contributed by atoms with Crippen LogP contribution in [0.4, 0.5) is 8.78 Å². The Morgan fingerprint density at radius 3 is 2.31 bits per heavy atom. The van der Waals surface area contributed by atoms with Gasteiger partial charge in [0.2, 0.25) is 0 Å². The fraction of sp³-hybridized carbons (Fsp3) is 0. The maximum absolute atomic E-state index is 12.7. The largest absolute Gasteiger partial charge is 0.475 e. The summed E-state index contributed by atoms with van der Waals surface area (Å²) in [6.45, 7) is 0. The third-order valence-electron chi connectivity index (χ3n) is 1.37. The summed E-state index contributed by atoms with van der Waals surface area (Å²) < 4.78 is 25.1. The third-order valence-corrected chi connectivity index (χ3v) is 1.37. The molecule has 0 atom stereocenters. The third kappa shape index (κ3) is 1.87. The number of carboxylic acid groups (broad SMARTS) is 1. The SMILES string of the molecule is O=C(O)C(=O)c1ccc(F)cc1F. The van der Waals surface area contributed by atoms with Crippen molar-refractivity contribution < 1.29 is 23.5 Å². The molecule has 0 spiro atoms. The summed E-state index contributed by atoms with van der Waals surface area (Å²) in [5.41, 5.74) is -0.645. The highest BCUT2D eigenvalue weighted by Gasteiger charge is 2.18. The molecule has 0 aliphatic heterocycles. The maximum atomic E-state index is 12.7. The average molecular weight is 186 g/mol. The number of rotatable bonds is 2. The van der Waals surface area contributed by atoms with Gasteiger partial charge in [0, 0.05) is 6.07 Å². The van der Waals surface area contributed by atoms with Gasteiger partial charge in [-0.05, 0) is 12.1 Å². The quantitative estimate of drug-likeness (QED) is 0.558. The standard InChI is InChI=1S/C8H4F2O3/c9-4-1-2-5(6(10)3-4)7(11)8(12)13/h1-3H,(H,12,13). The van der Waals surface area contributed by atoms with Crippen LogP contribution < -0.4 is 0 Å². The van der Waals surface area contributed by atoms with Gasteiger partial charge in [-0.1, -0.05) is 0 Å². The summed E-state index contributed by atoms with van der Waals surface area (Å²) in [5.74, 6) is -5.20. The molecule has 0 radical (unpaired) electrons. The first-order chi connectivity index (χ1) is 6.02. The van der Waals surface area contributed by atoms with E-state index in [9.17, 15) is 18.4 Å². The van der Waals surface area contributed by atoms with Crippen LogP contribution in [0.1, 0.15) is 10.4 Å². The first-order valence-electron chi connectivity index (χ1n) is 3.25. The minimum atomic E-state index is -1.77. The molecule has 68 valence electrons. The van der Waals surface area contributed by atoms with Crippen molar-refractivity contribution in [2.24, 2.45) is 0 Å². The van der Waals surface area contributed by atoms with E-state index in [4.69, 9.17) is 5.11 Å². The molecule has 0 heterocycles. The number of benzene rings is 1. The molecule has 0 amide bonds. The van der Waals surface area contributed by atoms with Gasteiger partial charge in [-0.2, -0.15) is 0 Å². The molecule has 1 aromatic rings. The van der Waals surface area contributed by atoms with Crippen LogP contribution in [0, 0.1) is 11.6 Å². The molecule has 0 fully saturated rings. The Kier molecular flexibility index (Phi) is 2.36. The Morgan fingerprint density at radius 1 is 1.23 bits per heavy atom. The zero-order valence-electron chi connectivity index (χ0n) is 6.25. The fourth-order valence-electron chi connectivity index (χ4n) is 0.789. The minimum absolute atomic E-state index is 0.455. The van der Waals surface area contributed by atoms with Crippen LogP contribution in [-0.4, -0.2) is 16.9 Å². The molecule has 0 saturated carbocycles. The molecule has 0 aliphatic carbocycles. The van der Waals surface area contributed by atoms with Crippen LogP contribution in [0.5, 0.6) is 0 Å². The van der Waals surface area contributed by atoms with E-state index in [1.807, 2.05) is 0 Å². The lowest BCUT2D eigenvalue weighted by molar-refractivity contribution is -0.131. The number of carbonyl (C=O) groups excluding carboxylic acids is 1. The van der Waals surface area contributed by atoms with Gasteiger partial charge in [0.15, 0.2) is 0 Å². The molecule has 0 unspecified atom stereocenters. The number of ketones is 1. The van der Waals surface area contributed by atoms with Crippen molar-refractivity contribution in [1.29, 1.82) is 0 Å². The lowest BCUT2D eigenvalue weighted by Crippen LogP contribution is -2.14. The van der Waals surface area contributed by atoms with E-state index in [0.29, 0.717) is 6.07 Å². The topological polar surface area (TPSA) is 54.4 Å². The Balaban J connectivity index is 3.16. The van der Waals surface area contributed by atoms with Gasteiger partial charge in [-0.25, -0.2) is 13.6 Å². The molecule has 5 heteroatoms. The molecule has 0 saturated heterocycles. The number of aliphatic carboxylic acids is 1. The summed E-state index contributed by atoms with van der Waals surface area (Å²) in [4.78, 5) is 20.8. The van der Waals surface area contributed by atoms with Crippen LogP contribution in [0.15, 0.2) is 18.2 Å². The predicted molar refractivity (Wildman–Crippen MR) is 38.3 cm³/mol. The van der Waals surface area contributed by atoms with Gasteiger partial charge in [0.05, 0.1) is 5.56 Å². The molecular formula is C8H4F2O3. The van der Waals surface area contributed by atoms with Crippen molar-refractivity contribution in [1.82, 2.24) is 0 Å². The smallest absolute Gasteiger partial charge is 0.377 e. The summed E-state index contributed by atoms with van der Waals surface area (Å²) >= 11 is 0. The molecule has 0 aromatic heterocycles. The van der Waals surface area contributed by atoms with Gasteiger partial charge < -0.3 is 5.11 Å². The van der Waals surface area contributed by atoms with Gasteiger partial charge in [-0.3, -0.25) is 4.79 Å². The lowest BCUT2D eigenvalue weighted by Gasteiger charge is -1.97. The number of carbonyl (C=O) groups is 2. The van der Waals surface area contributed by atoms with E-state index in [2.05, 4.69) is 0 Å². The van der Waals surface area contributed by atoms with Crippen LogP contribution >= 0.6 is 0 Å². The Morgan fingerprint density at radius 2 is 1.85 bits per heavy atom. The Labute approximate surface area is 71.6 Å². The maximum Gasteiger partial charge on any atom is 0.377 e. The van der Waals surface area contributed by atoms with E-state index in [1.165, 1.54) is 0 Å². The molecular weight excluding hydrogens is 182 g/mol. The number of hydrogen-bond acceptors (Lipinski definition) is 2. The van der Waals surface area contributed by atoms with Gasteiger partial charge >= 0.3 is 5.97 Å². The first-order valence-corrected chi connectivity index (χ1v) is 3.25. The van der Waals surface area contributed by atoms with Crippen molar-refractivity contribution in [3.63, 3.8) is 0 Å². The summed E-state index contributed by atoms with van der Waals surface area (Å²) in [6.07, 6.45) is 0. The normalized spacial score (nSPS) is 9.69. The Bertz CT molecular complexity index is 374. The zero-order valence-corrected chi connectivity index (χ0v) is 6.25. The highest BCUT2D eigenvalue weighted by atomic mass is 19.1. The second-order valence-electron chi connectivity index (χ2n) is 2.26. The minimum Gasteiger partial charge on any atom is -0.475 e. The van der Waals surface area contributed by atoms with E-state index < -0.39 is 29.0 Å². The zero-order chi connectivity index (χ0) is 10.0. The Hall–Kier alpha value is -1.78. The van der Waals surface area contributed by atoms with Crippen molar-refractivity contribution in [3.05, 3.63) is 35.4 Å². The molecule has 1 N–H and O–H groups in total. The van der Waals surface area contributed by atoms with Crippen molar-refractivity contribution in [3.8, 4) is 0 Å². The molecule has 0 aliphatic rings. The second kappa shape index (κ2) is 3.30. The van der Waals surface area contributed by atoms with E-state index in [-0.39, 0.29) is 0 Å². The molecule has 3 nitrogen and oxygen atoms in total. The van der Waals surface area contributed by atoms with Crippen LogP contribution in [0.25, 0.3) is 0 Å². The number of carboxylic acids is 1. The second-order valence-corrected chi connectivity index (χ2v) is 2.26. The summed E-state index contributed by atoms with van der Waals surface area (Å²) in [7, 11) is 0. The van der Waals surface area contributed by atoms with Crippen molar-refractivity contribution in [2.45, 2.75) is 0 Å². The predicted octanol–water partition coefficient (Wildman–Crippen LogP) is 1.23. The number of hydrogen-bond donors (Lipinski definition) is 1. The highest BCUT2D eigenvalue weighted by molar-refractivity contribution is 6.39. The van der Waals surface area contributed by atoms with Gasteiger partial charge in [0.25, 0.3) is 5.78 Å². The molecule has 13 heavy (non-hydrogen) atoms. The average Bonchev–Trinajstić information content (AvgIpc) is 2.03. The number of Topliss-reactive ketones (excluding diaryl/α,β-unsaturated/α-hetero) is 1. The highest BCUT2D eigenvalue weighted by Crippen LogP contribution is 2.09. The first kappa shape index (κ1) is 9.31. The van der Waals surface area contributed by atoms with Gasteiger partial charge in [-0.15, -0.1) is 0 Å². The van der Waals surface area contributed by atoms with Crippen molar-refractivity contribution >= 4 is 11.8 Å². The van der Waals surface area contributed by atoms with E-state index in [0.717, 1.165) is 12.1 Å². The van der Waals surface area contributed by atoms with Gasteiger partial charge in [0.1, 0.15) is 11.6 Å². The number of halogens is 2. The molecule has 0 bridgehead atoms.